The first kappa shape index (κ1) is 12.2. The Hall–Kier alpha value is -2.27. The summed E-state index contributed by atoms with van der Waals surface area (Å²) >= 11 is 1.55. The van der Waals surface area contributed by atoms with Crippen LogP contribution in [0, 0.1) is 10.1 Å². The van der Waals surface area contributed by atoms with Crippen LogP contribution in [0.4, 0.5) is 5.69 Å². The van der Waals surface area contributed by atoms with Gasteiger partial charge in [-0.1, -0.05) is 6.08 Å². The maximum atomic E-state index is 11.8. The van der Waals surface area contributed by atoms with Crippen molar-refractivity contribution in [2.75, 3.05) is 0 Å². The van der Waals surface area contributed by atoms with E-state index in [1.54, 1.807) is 17.4 Å². The lowest BCUT2D eigenvalue weighted by Crippen LogP contribution is -1.95. The summed E-state index contributed by atoms with van der Waals surface area (Å²) in [7, 11) is 0. The van der Waals surface area contributed by atoms with Crippen molar-refractivity contribution in [3.63, 3.8) is 0 Å². The summed E-state index contributed by atoms with van der Waals surface area (Å²) in [6.45, 7) is 0. The lowest BCUT2D eigenvalue weighted by molar-refractivity contribution is -0.384. The normalized spacial score (nSPS) is 10.7. The van der Waals surface area contributed by atoms with Gasteiger partial charge in [0.15, 0.2) is 5.78 Å². The number of carbonyl (C=O) groups is 1. The van der Waals surface area contributed by atoms with E-state index in [9.17, 15) is 14.9 Å². The zero-order valence-electron chi connectivity index (χ0n) is 9.28. The van der Waals surface area contributed by atoms with Gasteiger partial charge in [-0.05, 0) is 40.6 Å². The second kappa shape index (κ2) is 5.37. The smallest absolute Gasteiger partial charge is 0.269 e. The highest BCUT2D eigenvalue weighted by Crippen LogP contribution is 2.13. The van der Waals surface area contributed by atoms with Gasteiger partial charge in [0.25, 0.3) is 5.69 Å². The summed E-state index contributed by atoms with van der Waals surface area (Å²) in [5, 5.41) is 14.3. The molecule has 0 N–H and O–H groups in total. The summed E-state index contributed by atoms with van der Waals surface area (Å²) in [5.74, 6) is -0.170. The van der Waals surface area contributed by atoms with Crippen LogP contribution in [-0.2, 0) is 0 Å². The monoisotopic (exact) mass is 259 g/mol. The molecule has 0 fully saturated rings. The number of hydrogen-bond acceptors (Lipinski definition) is 4. The van der Waals surface area contributed by atoms with E-state index >= 15 is 0 Å². The Morgan fingerprint density at radius 1 is 1.22 bits per heavy atom. The van der Waals surface area contributed by atoms with Crippen molar-refractivity contribution in [2.45, 2.75) is 0 Å². The molecule has 0 bridgehead atoms. The van der Waals surface area contributed by atoms with Crippen LogP contribution in [0.5, 0.6) is 0 Å². The molecular weight excluding hydrogens is 250 g/mol. The molecule has 1 aromatic heterocycles. The fourth-order valence-electron chi connectivity index (χ4n) is 1.39. The average Bonchev–Trinajstić information content (AvgIpc) is 2.89. The predicted molar refractivity (Wildman–Crippen MR) is 70.8 cm³/mol. The maximum absolute atomic E-state index is 11.8. The molecule has 0 spiro atoms. The molecular formula is C13H9NO3S. The van der Waals surface area contributed by atoms with Crippen LogP contribution in [0.3, 0.4) is 0 Å². The van der Waals surface area contributed by atoms with Gasteiger partial charge in [-0.25, -0.2) is 0 Å². The first-order valence-electron chi connectivity index (χ1n) is 5.16. The highest BCUT2D eigenvalue weighted by molar-refractivity contribution is 7.08. The molecule has 0 unspecified atom stereocenters. The molecule has 0 aliphatic rings. The Morgan fingerprint density at radius 3 is 2.50 bits per heavy atom. The van der Waals surface area contributed by atoms with Gasteiger partial charge in [-0.3, -0.25) is 14.9 Å². The van der Waals surface area contributed by atoms with E-state index < -0.39 is 4.92 Å². The fraction of sp³-hybridized carbons (Fsp3) is 0. The molecule has 0 saturated heterocycles. The van der Waals surface area contributed by atoms with Crippen LogP contribution >= 0.6 is 11.3 Å². The maximum Gasteiger partial charge on any atom is 0.269 e. The molecule has 1 heterocycles. The highest BCUT2D eigenvalue weighted by Gasteiger charge is 2.06. The van der Waals surface area contributed by atoms with Crippen LogP contribution in [-0.4, -0.2) is 10.7 Å². The van der Waals surface area contributed by atoms with Crippen molar-refractivity contribution in [2.24, 2.45) is 0 Å². The third kappa shape index (κ3) is 2.89. The van der Waals surface area contributed by atoms with Crippen molar-refractivity contribution in [3.05, 3.63) is 68.4 Å². The molecule has 0 radical (unpaired) electrons. The van der Waals surface area contributed by atoms with Gasteiger partial charge in [0, 0.05) is 17.7 Å². The number of nitro groups is 1. The van der Waals surface area contributed by atoms with E-state index in [1.165, 1.54) is 30.3 Å². The van der Waals surface area contributed by atoms with E-state index in [0.717, 1.165) is 5.56 Å². The van der Waals surface area contributed by atoms with Crippen molar-refractivity contribution < 1.29 is 9.72 Å². The van der Waals surface area contributed by atoms with Crippen LogP contribution in [0.2, 0.25) is 0 Å². The van der Waals surface area contributed by atoms with Crippen molar-refractivity contribution in [3.8, 4) is 0 Å². The van der Waals surface area contributed by atoms with Gasteiger partial charge in [-0.15, -0.1) is 0 Å². The quantitative estimate of drug-likeness (QED) is 0.365. The Morgan fingerprint density at radius 2 is 1.94 bits per heavy atom. The summed E-state index contributed by atoms with van der Waals surface area (Å²) in [4.78, 5) is 21.7. The number of ketones is 1. The van der Waals surface area contributed by atoms with Crippen LogP contribution in [0.25, 0.3) is 6.08 Å². The molecule has 90 valence electrons. The van der Waals surface area contributed by atoms with Gasteiger partial charge < -0.3 is 0 Å². The number of nitro benzene ring substituents is 1. The number of rotatable bonds is 4. The third-order valence-electron chi connectivity index (χ3n) is 2.33. The number of carbonyl (C=O) groups excluding carboxylic acids is 1. The van der Waals surface area contributed by atoms with Gasteiger partial charge >= 0.3 is 0 Å². The SMILES string of the molecule is O=C(C=Cc1ccsc1)c1ccc([N+](=O)[O-])cc1. The van der Waals surface area contributed by atoms with Gasteiger partial charge in [0.05, 0.1) is 4.92 Å². The molecule has 0 aliphatic heterocycles. The average molecular weight is 259 g/mol. The van der Waals surface area contributed by atoms with Crippen molar-refractivity contribution in [1.29, 1.82) is 0 Å². The van der Waals surface area contributed by atoms with Gasteiger partial charge in [-0.2, -0.15) is 11.3 Å². The highest BCUT2D eigenvalue weighted by atomic mass is 32.1. The summed E-state index contributed by atoms with van der Waals surface area (Å²) < 4.78 is 0. The zero-order chi connectivity index (χ0) is 13.0. The van der Waals surface area contributed by atoms with E-state index in [1.807, 2.05) is 16.8 Å². The standard InChI is InChI=1S/C13H9NO3S/c15-13(6-1-10-7-8-18-9-10)11-2-4-12(5-3-11)14(16)17/h1-9H. The molecule has 2 rings (SSSR count). The predicted octanol–water partition coefficient (Wildman–Crippen LogP) is 3.55. The molecule has 0 aliphatic carbocycles. The molecule has 18 heavy (non-hydrogen) atoms. The van der Waals surface area contributed by atoms with E-state index in [-0.39, 0.29) is 11.5 Å². The first-order valence-corrected chi connectivity index (χ1v) is 6.10. The lowest BCUT2D eigenvalue weighted by Gasteiger charge is -1.95. The summed E-state index contributed by atoms with van der Waals surface area (Å²) in [6.07, 6.45) is 3.18. The van der Waals surface area contributed by atoms with Crippen molar-refractivity contribution in [1.82, 2.24) is 0 Å². The minimum absolute atomic E-state index is 0.0200. The fourth-order valence-corrected chi connectivity index (χ4v) is 2.01. The topological polar surface area (TPSA) is 60.2 Å². The molecule has 5 heteroatoms. The second-order valence-electron chi connectivity index (χ2n) is 3.56. The number of nitrogens with zero attached hydrogens (tertiary/aromatic N) is 1. The third-order valence-corrected chi connectivity index (χ3v) is 3.03. The molecule has 1 aromatic carbocycles. The first-order chi connectivity index (χ1) is 8.66. The van der Waals surface area contributed by atoms with Crippen LogP contribution in [0.15, 0.2) is 47.2 Å². The second-order valence-corrected chi connectivity index (χ2v) is 4.34. The Labute approximate surface area is 107 Å². The lowest BCUT2D eigenvalue weighted by atomic mass is 10.1. The molecule has 0 amide bonds. The van der Waals surface area contributed by atoms with E-state index in [0.29, 0.717) is 5.56 Å². The van der Waals surface area contributed by atoms with E-state index in [2.05, 4.69) is 0 Å². The Balaban J connectivity index is 2.12. The summed E-state index contributed by atoms with van der Waals surface area (Å²) in [5.41, 5.74) is 1.38. The van der Waals surface area contributed by atoms with Gasteiger partial charge in [0.2, 0.25) is 0 Å². The minimum atomic E-state index is -0.491. The number of non-ortho nitro benzene ring substituents is 1. The number of benzene rings is 1. The van der Waals surface area contributed by atoms with Gasteiger partial charge in [0.1, 0.15) is 0 Å². The Kier molecular flexibility index (Phi) is 3.64. The molecule has 4 nitrogen and oxygen atoms in total. The Bertz CT molecular complexity index is 585. The van der Waals surface area contributed by atoms with Crippen LogP contribution in [0.1, 0.15) is 15.9 Å². The number of allylic oxidation sites excluding steroid dienone is 1. The largest absolute Gasteiger partial charge is 0.289 e. The number of hydrogen-bond donors (Lipinski definition) is 0. The molecule has 2 aromatic rings. The van der Waals surface area contributed by atoms with E-state index in [4.69, 9.17) is 0 Å². The minimum Gasteiger partial charge on any atom is -0.289 e. The zero-order valence-corrected chi connectivity index (χ0v) is 10.1. The molecule has 0 saturated carbocycles. The van der Waals surface area contributed by atoms with Crippen LogP contribution < -0.4 is 0 Å². The van der Waals surface area contributed by atoms with Crippen molar-refractivity contribution >= 4 is 28.9 Å². The molecule has 0 atom stereocenters. The number of thiophene rings is 1. The summed E-state index contributed by atoms with van der Waals surface area (Å²) in [6, 6.07) is 7.47.